The van der Waals surface area contributed by atoms with Gasteiger partial charge < -0.3 is 10.2 Å². The van der Waals surface area contributed by atoms with Gasteiger partial charge in [0.25, 0.3) is 0 Å². The maximum atomic E-state index is 5.97. The average molecular weight is 311 g/mol. The molecule has 106 valence electrons. The fourth-order valence-electron chi connectivity index (χ4n) is 2.14. The molecule has 0 aromatic carbocycles. The third-order valence-corrected chi connectivity index (χ3v) is 3.94. The van der Waals surface area contributed by atoms with Crippen molar-refractivity contribution >= 4 is 34.8 Å². The van der Waals surface area contributed by atoms with Crippen molar-refractivity contribution in [3.05, 3.63) is 21.9 Å². The van der Waals surface area contributed by atoms with Gasteiger partial charge in [0, 0.05) is 31.4 Å². The van der Waals surface area contributed by atoms with Crippen molar-refractivity contribution in [1.82, 2.24) is 19.9 Å². The lowest BCUT2D eigenvalue weighted by Gasteiger charge is -2.15. The Morgan fingerprint density at radius 1 is 1.25 bits per heavy atom. The lowest BCUT2D eigenvalue weighted by atomic mass is 10.3. The summed E-state index contributed by atoms with van der Waals surface area (Å²) in [6.45, 7) is 2.70. The number of anilines is 2. The number of nitrogens with zero attached hydrogens (tertiary/aromatic N) is 5. The van der Waals surface area contributed by atoms with Crippen LogP contribution in [0.1, 0.15) is 18.5 Å². The molecule has 20 heavy (non-hydrogen) atoms. The lowest BCUT2D eigenvalue weighted by Crippen LogP contribution is -2.21. The van der Waals surface area contributed by atoms with E-state index in [4.69, 9.17) is 11.6 Å². The summed E-state index contributed by atoms with van der Waals surface area (Å²) in [4.78, 5) is 19.1. The first-order valence-corrected chi connectivity index (χ1v) is 7.91. The van der Waals surface area contributed by atoms with Gasteiger partial charge in [0.05, 0.1) is 11.2 Å². The molecule has 0 aliphatic carbocycles. The molecule has 2 aromatic rings. The van der Waals surface area contributed by atoms with Gasteiger partial charge >= 0.3 is 0 Å². The molecule has 3 rings (SSSR count). The second-order valence-electron chi connectivity index (χ2n) is 4.58. The van der Waals surface area contributed by atoms with Gasteiger partial charge in [0.1, 0.15) is 0 Å². The zero-order chi connectivity index (χ0) is 13.8. The molecular formula is C12H15ClN6S. The molecular weight excluding hydrogens is 296 g/mol. The third-order valence-electron chi connectivity index (χ3n) is 3.13. The van der Waals surface area contributed by atoms with E-state index in [2.05, 4.69) is 30.2 Å². The van der Waals surface area contributed by atoms with Crippen molar-refractivity contribution in [1.29, 1.82) is 0 Å². The SMILES string of the molecule is Clc1nc(NCCc2cscn2)nc(N2CCCC2)n1. The second kappa shape index (κ2) is 6.32. The van der Waals surface area contributed by atoms with Gasteiger partial charge in [0.2, 0.25) is 17.2 Å². The van der Waals surface area contributed by atoms with Crippen molar-refractivity contribution in [2.45, 2.75) is 19.3 Å². The Hall–Kier alpha value is -1.47. The molecule has 0 saturated carbocycles. The Kier molecular flexibility index (Phi) is 4.27. The summed E-state index contributed by atoms with van der Waals surface area (Å²) in [7, 11) is 0. The quantitative estimate of drug-likeness (QED) is 0.913. The van der Waals surface area contributed by atoms with E-state index >= 15 is 0 Å². The smallest absolute Gasteiger partial charge is 0.231 e. The molecule has 1 N–H and O–H groups in total. The van der Waals surface area contributed by atoms with Crippen molar-refractivity contribution in [2.24, 2.45) is 0 Å². The molecule has 3 heterocycles. The zero-order valence-corrected chi connectivity index (χ0v) is 12.5. The van der Waals surface area contributed by atoms with Crippen molar-refractivity contribution < 1.29 is 0 Å². The van der Waals surface area contributed by atoms with Crippen LogP contribution in [0.15, 0.2) is 10.9 Å². The Bertz CT molecular complexity index is 555. The van der Waals surface area contributed by atoms with E-state index in [-0.39, 0.29) is 5.28 Å². The van der Waals surface area contributed by atoms with Crippen LogP contribution in [0.25, 0.3) is 0 Å². The molecule has 0 atom stereocenters. The van der Waals surface area contributed by atoms with Crippen LogP contribution in [0.4, 0.5) is 11.9 Å². The molecule has 0 radical (unpaired) electrons. The van der Waals surface area contributed by atoms with Gasteiger partial charge in [-0.05, 0) is 24.4 Å². The molecule has 2 aromatic heterocycles. The molecule has 0 amide bonds. The van der Waals surface area contributed by atoms with Crippen LogP contribution in [0, 0.1) is 0 Å². The van der Waals surface area contributed by atoms with Gasteiger partial charge in [-0.25, -0.2) is 4.98 Å². The molecule has 1 aliphatic heterocycles. The van der Waals surface area contributed by atoms with E-state index < -0.39 is 0 Å². The first kappa shape index (κ1) is 13.5. The summed E-state index contributed by atoms with van der Waals surface area (Å²) in [5.41, 5.74) is 2.91. The Balaban J connectivity index is 1.63. The predicted molar refractivity (Wildman–Crippen MR) is 80.6 cm³/mol. The number of rotatable bonds is 5. The summed E-state index contributed by atoms with van der Waals surface area (Å²) >= 11 is 7.57. The highest BCUT2D eigenvalue weighted by atomic mass is 35.5. The summed E-state index contributed by atoms with van der Waals surface area (Å²) in [6.07, 6.45) is 3.19. The summed E-state index contributed by atoms with van der Waals surface area (Å²) in [5.74, 6) is 1.20. The van der Waals surface area contributed by atoms with Crippen LogP contribution in [0.3, 0.4) is 0 Å². The molecule has 6 nitrogen and oxygen atoms in total. The van der Waals surface area contributed by atoms with Crippen LogP contribution in [0.5, 0.6) is 0 Å². The maximum Gasteiger partial charge on any atom is 0.231 e. The van der Waals surface area contributed by atoms with Crippen molar-refractivity contribution in [3.8, 4) is 0 Å². The fourth-order valence-corrected chi connectivity index (χ4v) is 2.89. The molecule has 0 bridgehead atoms. The number of halogens is 1. The minimum absolute atomic E-state index is 0.234. The van der Waals surface area contributed by atoms with Gasteiger partial charge in [0.15, 0.2) is 0 Å². The first-order valence-electron chi connectivity index (χ1n) is 6.59. The fraction of sp³-hybridized carbons (Fsp3) is 0.500. The number of aromatic nitrogens is 4. The standard InChI is InChI=1S/C12H15ClN6S/c13-10-16-11(14-4-3-9-7-20-8-15-9)18-12(17-10)19-5-1-2-6-19/h7-8H,1-6H2,(H,14,16,17,18). The van der Waals surface area contributed by atoms with E-state index in [1.54, 1.807) is 11.3 Å². The number of thiazole rings is 1. The van der Waals surface area contributed by atoms with E-state index in [1.165, 1.54) is 12.8 Å². The first-order chi connectivity index (χ1) is 9.81. The van der Waals surface area contributed by atoms with E-state index in [0.29, 0.717) is 11.9 Å². The molecule has 1 aliphatic rings. The van der Waals surface area contributed by atoms with Crippen molar-refractivity contribution in [2.75, 3.05) is 29.9 Å². The topological polar surface area (TPSA) is 66.8 Å². The minimum atomic E-state index is 0.234. The van der Waals surface area contributed by atoms with Crippen LogP contribution in [-0.4, -0.2) is 39.6 Å². The molecule has 8 heteroatoms. The molecule has 1 saturated heterocycles. The summed E-state index contributed by atoms with van der Waals surface area (Å²) in [5, 5.41) is 5.45. The molecule has 1 fully saturated rings. The average Bonchev–Trinajstić information content (AvgIpc) is 3.11. The lowest BCUT2D eigenvalue weighted by molar-refractivity contribution is 0.871. The number of hydrogen-bond donors (Lipinski definition) is 1. The van der Waals surface area contributed by atoms with Gasteiger partial charge in [-0.15, -0.1) is 11.3 Å². The Morgan fingerprint density at radius 3 is 2.85 bits per heavy atom. The summed E-state index contributed by atoms with van der Waals surface area (Å²) < 4.78 is 0. The molecule has 0 unspecified atom stereocenters. The zero-order valence-electron chi connectivity index (χ0n) is 10.9. The second-order valence-corrected chi connectivity index (χ2v) is 5.64. The van der Waals surface area contributed by atoms with Crippen LogP contribution in [-0.2, 0) is 6.42 Å². The Morgan fingerprint density at radius 2 is 2.10 bits per heavy atom. The van der Waals surface area contributed by atoms with Gasteiger partial charge in [-0.1, -0.05) is 0 Å². The van der Waals surface area contributed by atoms with E-state index in [0.717, 1.165) is 31.7 Å². The summed E-state index contributed by atoms with van der Waals surface area (Å²) in [6, 6.07) is 0. The van der Waals surface area contributed by atoms with E-state index in [9.17, 15) is 0 Å². The van der Waals surface area contributed by atoms with Gasteiger partial charge in [-0.3, -0.25) is 0 Å². The highest BCUT2D eigenvalue weighted by Gasteiger charge is 2.16. The normalized spacial score (nSPS) is 14.8. The predicted octanol–water partition coefficient (Wildman–Crippen LogP) is 2.24. The van der Waals surface area contributed by atoms with Crippen LogP contribution in [0.2, 0.25) is 5.28 Å². The Labute approximate surface area is 126 Å². The number of nitrogens with one attached hydrogen (secondary N) is 1. The highest BCUT2D eigenvalue weighted by Crippen LogP contribution is 2.18. The van der Waals surface area contributed by atoms with Crippen LogP contribution < -0.4 is 10.2 Å². The maximum absolute atomic E-state index is 5.97. The molecule has 0 spiro atoms. The van der Waals surface area contributed by atoms with E-state index in [1.807, 2.05) is 10.9 Å². The van der Waals surface area contributed by atoms with Crippen molar-refractivity contribution in [3.63, 3.8) is 0 Å². The monoisotopic (exact) mass is 310 g/mol. The largest absolute Gasteiger partial charge is 0.354 e. The minimum Gasteiger partial charge on any atom is -0.354 e. The highest BCUT2D eigenvalue weighted by molar-refractivity contribution is 7.07. The van der Waals surface area contributed by atoms with Gasteiger partial charge in [-0.2, -0.15) is 15.0 Å². The third kappa shape index (κ3) is 3.34. The van der Waals surface area contributed by atoms with Crippen LogP contribution >= 0.6 is 22.9 Å². The number of hydrogen-bond acceptors (Lipinski definition) is 7.